The summed E-state index contributed by atoms with van der Waals surface area (Å²) in [5.41, 5.74) is 0. The van der Waals surface area contributed by atoms with Gasteiger partial charge in [-0.2, -0.15) is 0 Å². The Balaban J connectivity index is 3.24. The summed E-state index contributed by atoms with van der Waals surface area (Å²) in [7, 11) is 1.86. The molecule has 0 spiro atoms. The minimum Gasteiger partial charge on any atom is -0.339 e. The van der Waals surface area contributed by atoms with Crippen LogP contribution in [0.2, 0.25) is 0 Å². The summed E-state index contributed by atoms with van der Waals surface area (Å²) in [6.45, 7) is 3.04. The Morgan fingerprint density at radius 3 is 2.36 bits per heavy atom. The van der Waals surface area contributed by atoms with Gasteiger partial charge in [0.1, 0.15) is 0 Å². The lowest BCUT2D eigenvalue weighted by atomic mass is 10.4. The van der Waals surface area contributed by atoms with Crippen molar-refractivity contribution in [3.8, 4) is 0 Å². The van der Waals surface area contributed by atoms with Crippen LogP contribution in [0, 0.1) is 0 Å². The first-order chi connectivity index (χ1) is 6.66. The quantitative estimate of drug-likeness (QED) is 0.329. The van der Waals surface area contributed by atoms with Gasteiger partial charge in [0, 0.05) is 13.5 Å². The fourth-order valence-corrected chi connectivity index (χ4v) is 0.779. The zero-order valence-electron chi connectivity index (χ0n) is 8.64. The average Bonchev–Trinajstić information content (AvgIpc) is 2.12. The van der Waals surface area contributed by atoms with Gasteiger partial charge in [-0.05, 0) is 20.0 Å². The van der Waals surface area contributed by atoms with Gasteiger partial charge >= 0.3 is 6.03 Å². The van der Waals surface area contributed by atoms with Gasteiger partial charge in [-0.25, -0.2) is 4.79 Å². The molecule has 0 heterocycles. The Labute approximate surface area is 83.8 Å². The second kappa shape index (κ2) is 8.31. The monoisotopic (exact) mass is 202 g/mol. The molecule has 0 aliphatic heterocycles. The van der Waals surface area contributed by atoms with Crippen LogP contribution in [-0.4, -0.2) is 38.7 Å². The van der Waals surface area contributed by atoms with Gasteiger partial charge in [-0.15, -0.1) is 0 Å². The van der Waals surface area contributed by atoms with Crippen LogP contribution < -0.4 is 21.3 Å². The lowest BCUT2D eigenvalue weighted by Gasteiger charge is -2.07. The highest BCUT2D eigenvalue weighted by atomic mass is 16.2. The van der Waals surface area contributed by atoms with Crippen LogP contribution >= 0.6 is 0 Å². The van der Waals surface area contributed by atoms with Gasteiger partial charge in [0.2, 0.25) is 5.91 Å². The summed E-state index contributed by atoms with van der Waals surface area (Å²) in [4.78, 5) is 21.4. The molecule has 0 fully saturated rings. The van der Waals surface area contributed by atoms with Gasteiger partial charge in [-0.1, -0.05) is 0 Å². The minimum atomic E-state index is -0.269. The maximum Gasteiger partial charge on any atom is 0.316 e. The number of urea groups is 1. The van der Waals surface area contributed by atoms with Crippen molar-refractivity contribution in [2.24, 2.45) is 0 Å². The number of nitrogens with one attached hydrogen (secondary N) is 4. The molecule has 82 valence electrons. The van der Waals surface area contributed by atoms with Crippen LogP contribution in [0.3, 0.4) is 0 Å². The van der Waals surface area contributed by atoms with Crippen molar-refractivity contribution < 1.29 is 9.59 Å². The van der Waals surface area contributed by atoms with E-state index in [2.05, 4.69) is 21.3 Å². The highest BCUT2D eigenvalue weighted by Gasteiger charge is 1.97. The number of hydrogen-bond acceptors (Lipinski definition) is 3. The summed E-state index contributed by atoms with van der Waals surface area (Å²) in [6, 6.07) is -0.269. The topological polar surface area (TPSA) is 82.3 Å². The van der Waals surface area contributed by atoms with E-state index in [1.807, 2.05) is 7.05 Å². The molecular weight excluding hydrogens is 184 g/mol. The van der Waals surface area contributed by atoms with Crippen molar-refractivity contribution in [3.63, 3.8) is 0 Å². The molecule has 0 atom stereocenters. The molecular formula is C8H18N4O2. The average molecular weight is 202 g/mol. The van der Waals surface area contributed by atoms with E-state index in [1.54, 1.807) is 0 Å². The highest BCUT2D eigenvalue weighted by Crippen LogP contribution is 1.72. The normalized spacial score (nSPS) is 9.29. The van der Waals surface area contributed by atoms with E-state index in [0.29, 0.717) is 6.54 Å². The van der Waals surface area contributed by atoms with Crippen LogP contribution in [0.4, 0.5) is 4.79 Å². The van der Waals surface area contributed by atoms with Gasteiger partial charge in [-0.3, -0.25) is 4.79 Å². The molecule has 0 unspecified atom stereocenters. The van der Waals surface area contributed by atoms with E-state index in [0.717, 1.165) is 13.0 Å². The first kappa shape index (κ1) is 12.7. The fraction of sp³-hybridized carbons (Fsp3) is 0.750. The largest absolute Gasteiger partial charge is 0.339 e. The lowest BCUT2D eigenvalue weighted by molar-refractivity contribution is -0.118. The van der Waals surface area contributed by atoms with Gasteiger partial charge < -0.3 is 21.3 Å². The molecule has 0 saturated heterocycles. The van der Waals surface area contributed by atoms with E-state index in [1.165, 1.54) is 6.92 Å². The van der Waals surface area contributed by atoms with Crippen LogP contribution in [0.5, 0.6) is 0 Å². The van der Waals surface area contributed by atoms with E-state index >= 15 is 0 Å². The number of rotatable bonds is 6. The molecule has 0 aromatic heterocycles. The third-order valence-corrected chi connectivity index (χ3v) is 1.48. The number of carbonyl (C=O) groups is 2. The molecule has 0 aliphatic rings. The Hall–Kier alpha value is -1.30. The molecule has 0 radical (unpaired) electrons. The van der Waals surface area contributed by atoms with Gasteiger partial charge in [0.15, 0.2) is 0 Å². The molecule has 3 amide bonds. The van der Waals surface area contributed by atoms with Gasteiger partial charge in [0.05, 0.1) is 6.67 Å². The Morgan fingerprint density at radius 1 is 1.07 bits per heavy atom. The Bertz CT molecular complexity index is 184. The summed E-state index contributed by atoms with van der Waals surface area (Å²) >= 11 is 0. The van der Waals surface area contributed by atoms with E-state index < -0.39 is 0 Å². The summed E-state index contributed by atoms with van der Waals surface area (Å²) < 4.78 is 0. The summed E-state index contributed by atoms with van der Waals surface area (Å²) in [5.74, 6) is -0.166. The number of amides is 3. The van der Waals surface area contributed by atoms with Crippen molar-refractivity contribution in [2.75, 3.05) is 26.8 Å². The van der Waals surface area contributed by atoms with Crippen LogP contribution in [-0.2, 0) is 4.79 Å². The van der Waals surface area contributed by atoms with E-state index in [9.17, 15) is 9.59 Å². The van der Waals surface area contributed by atoms with Crippen molar-refractivity contribution in [1.82, 2.24) is 21.3 Å². The Morgan fingerprint density at radius 2 is 1.79 bits per heavy atom. The highest BCUT2D eigenvalue weighted by molar-refractivity contribution is 5.76. The molecule has 4 N–H and O–H groups in total. The molecule has 6 heteroatoms. The van der Waals surface area contributed by atoms with Crippen molar-refractivity contribution in [2.45, 2.75) is 13.3 Å². The third-order valence-electron chi connectivity index (χ3n) is 1.48. The van der Waals surface area contributed by atoms with Crippen LogP contribution in [0.25, 0.3) is 0 Å². The molecule has 0 rings (SSSR count). The molecule has 0 saturated carbocycles. The summed E-state index contributed by atoms with van der Waals surface area (Å²) in [5, 5.41) is 10.6. The first-order valence-corrected chi connectivity index (χ1v) is 4.57. The van der Waals surface area contributed by atoms with Crippen molar-refractivity contribution in [3.05, 3.63) is 0 Å². The molecule has 6 nitrogen and oxygen atoms in total. The van der Waals surface area contributed by atoms with E-state index in [-0.39, 0.29) is 18.6 Å². The standard InChI is InChI=1S/C8H18N4O2/c1-7(13)11-6-12-8(14)10-5-3-4-9-2/h9H,3-6H2,1-2H3,(H,11,13)(H2,10,12,14). The zero-order chi connectivity index (χ0) is 10.8. The van der Waals surface area contributed by atoms with Crippen LogP contribution in [0.15, 0.2) is 0 Å². The molecule has 0 aliphatic carbocycles. The first-order valence-electron chi connectivity index (χ1n) is 4.57. The van der Waals surface area contributed by atoms with Gasteiger partial charge in [0.25, 0.3) is 0 Å². The molecule has 0 aromatic carbocycles. The zero-order valence-corrected chi connectivity index (χ0v) is 8.64. The minimum absolute atomic E-state index is 0.160. The third kappa shape index (κ3) is 8.79. The molecule has 0 aromatic rings. The number of hydrogen-bond donors (Lipinski definition) is 4. The predicted octanol–water partition coefficient (Wildman–Crippen LogP) is -1.01. The van der Waals surface area contributed by atoms with Crippen molar-refractivity contribution >= 4 is 11.9 Å². The number of carbonyl (C=O) groups excluding carboxylic acids is 2. The fourth-order valence-electron chi connectivity index (χ4n) is 0.779. The maximum atomic E-state index is 11.0. The lowest BCUT2D eigenvalue weighted by Crippen LogP contribution is -2.42. The van der Waals surface area contributed by atoms with Crippen LogP contribution in [0.1, 0.15) is 13.3 Å². The SMILES string of the molecule is CNCCCNC(=O)NCNC(C)=O. The molecule has 0 bridgehead atoms. The Kier molecular flexibility index (Phi) is 7.53. The van der Waals surface area contributed by atoms with E-state index in [4.69, 9.17) is 0 Å². The predicted molar refractivity (Wildman–Crippen MR) is 53.8 cm³/mol. The van der Waals surface area contributed by atoms with Crippen molar-refractivity contribution in [1.29, 1.82) is 0 Å². The molecule has 14 heavy (non-hydrogen) atoms. The second-order valence-electron chi connectivity index (χ2n) is 2.80. The smallest absolute Gasteiger partial charge is 0.316 e. The maximum absolute atomic E-state index is 11.0. The summed E-state index contributed by atoms with van der Waals surface area (Å²) in [6.07, 6.45) is 0.879. The second-order valence-corrected chi connectivity index (χ2v) is 2.80.